The van der Waals surface area contributed by atoms with Crippen molar-refractivity contribution in [1.82, 2.24) is 19.4 Å². The van der Waals surface area contributed by atoms with Crippen molar-refractivity contribution in [1.29, 1.82) is 0 Å². The quantitative estimate of drug-likeness (QED) is 0.252. The lowest BCUT2D eigenvalue weighted by Crippen LogP contribution is -2.28. The molecule has 2 aromatic heterocycles. The molecule has 39 heavy (non-hydrogen) atoms. The zero-order chi connectivity index (χ0) is 28.1. The molecule has 1 saturated heterocycles. The van der Waals surface area contributed by atoms with E-state index in [1.807, 2.05) is 12.1 Å². The molecule has 1 atom stereocenters. The summed E-state index contributed by atoms with van der Waals surface area (Å²) in [6, 6.07) is 9.69. The highest BCUT2D eigenvalue weighted by atomic mass is 19.4. The number of hydrogen-bond acceptors (Lipinski definition) is 3. The van der Waals surface area contributed by atoms with E-state index in [9.17, 15) is 31.1 Å². The van der Waals surface area contributed by atoms with Crippen molar-refractivity contribution in [3.05, 3.63) is 83.2 Å². The number of likely N-dealkylation sites (tertiary alicyclic amines) is 1. The third-order valence-corrected chi connectivity index (χ3v) is 6.93. The highest BCUT2D eigenvalue weighted by Crippen LogP contribution is 2.40. The Hall–Kier alpha value is -3.89. The second-order valence-corrected chi connectivity index (χ2v) is 9.92. The maximum Gasteiger partial charge on any atom is 0.416 e. The summed E-state index contributed by atoms with van der Waals surface area (Å²) >= 11 is 0. The lowest BCUT2D eigenvalue weighted by atomic mass is 10.0. The second kappa shape index (κ2) is 9.69. The number of fused-ring (bicyclic) bond motifs is 1. The van der Waals surface area contributed by atoms with Crippen LogP contribution in [0.4, 0.5) is 26.3 Å². The number of benzene rings is 2. The maximum absolute atomic E-state index is 13.5. The third kappa shape index (κ3) is 5.22. The lowest BCUT2D eigenvalue weighted by Gasteiger charge is -2.17. The molecule has 204 valence electrons. The molecular formula is C28H24F6N4O. The number of rotatable bonds is 4. The van der Waals surface area contributed by atoms with Crippen molar-refractivity contribution in [3.8, 4) is 11.4 Å². The van der Waals surface area contributed by atoms with Crippen LogP contribution in [0.25, 0.3) is 22.4 Å². The van der Waals surface area contributed by atoms with Gasteiger partial charge in [0.1, 0.15) is 5.82 Å². The van der Waals surface area contributed by atoms with Gasteiger partial charge in [0.2, 0.25) is 0 Å². The predicted molar refractivity (Wildman–Crippen MR) is 133 cm³/mol. The number of aromatic nitrogens is 3. The van der Waals surface area contributed by atoms with Gasteiger partial charge < -0.3 is 9.47 Å². The highest BCUT2D eigenvalue weighted by molar-refractivity contribution is 5.98. The smallest absolute Gasteiger partial charge is 0.338 e. The van der Waals surface area contributed by atoms with E-state index in [-0.39, 0.29) is 35.3 Å². The van der Waals surface area contributed by atoms with E-state index in [1.165, 1.54) is 6.07 Å². The Bertz CT molecular complexity index is 1490. The van der Waals surface area contributed by atoms with Crippen LogP contribution < -0.4 is 0 Å². The van der Waals surface area contributed by atoms with Gasteiger partial charge in [-0.3, -0.25) is 9.78 Å². The summed E-state index contributed by atoms with van der Waals surface area (Å²) in [5, 5.41) is 0. The molecule has 1 amide bonds. The fourth-order valence-corrected chi connectivity index (χ4v) is 5.06. The number of carbonyl (C=O) groups excluding carboxylic acids is 1. The summed E-state index contributed by atoms with van der Waals surface area (Å²) in [7, 11) is 0. The minimum atomic E-state index is -4.98. The molecule has 1 unspecified atom stereocenters. The monoisotopic (exact) mass is 546 g/mol. The van der Waals surface area contributed by atoms with Gasteiger partial charge in [-0.1, -0.05) is 6.07 Å². The van der Waals surface area contributed by atoms with E-state index in [0.717, 1.165) is 12.0 Å². The normalized spacial score (nSPS) is 16.4. The second-order valence-electron chi connectivity index (χ2n) is 9.92. The van der Waals surface area contributed by atoms with Gasteiger partial charge >= 0.3 is 12.4 Å². The zero-order valence-corrected chi connectivity index (χ0v) is 21.0. The van der Waals surface area contributed by atoms with Crippen molar-refractivity contribution in [2.75, 3.05) is 13.1 Å². The summed E-state index contributed by atoms with van der Waals surface area (Å²) in [4.78, 5) is 23.6. The molecule has 5 rings (SSSR count). The fraction of sp³-hybridized carbons (Fsp3) is 0.321. The molecule has 11 heteroatoms. The number of halogens is 6. The molecule has 0 aliphatic carbocycles. The van der Waals surface area contributed by atoms with E-state index in [0.29, 0.717) is 41.8 Å². The number of imidazole rings is 1. The number of hydrogen-bond donors (Lipinski definition) is 0. The standard InChI is InChI=1S/C28H24F6N4O/c1-16(2)38-24-6-5-17(26(39)37-9-7-19(15-37)18-4-3-8-35-14-18)12-23(24)36-25(38)20-10-21(27(29,30)31)13-22(11-20)28(32,33)34/h3-6,8,10-14,16,19H,7,9,15H2,1-2H3. The molecule has 0 saturated carbocycles. The van der Waals surface area contributed by atoms with Gasteiger partial charge in [-0.2, -0.15) is 26.3 Å². The molecule has 2 aromatic carbocycles. The van der Waals surface area contributed by atoms with E-state index in [1.54, 1.807) is 47.8 Å². The van der Waals surface area contributed by atoms with Gasteiger partial charge in [0.25, 0.3) is 5.91 Å². The summed E-state index contributed by atoms with van der Waals surface area (Å²) in [5.74, 6) is -0.108. The van der Waals surface area contributed by atoms with E-state index in [4.69, 9.17) is 0 Å². The average molecular weight is 547 g/mol. The Kier molecular flexibility index (Phi) is 6.64. The van der Waals surface area contributed by atoms with Gasteiger partial charge in [0, 0.05) is 48.6 Å². The summed E-state index contributed by atoms with van der Waals surface area (Å²) in [5.41, 5.74) is -0.952. The Morgan fingerprint density at radius 3 is 2.26 bits per heavy atom. The molecule has 0 bridgehead atoms. The minimum absolute atomic E-state index is 0.0426. The van der Waals surface area contributed by atoms with Gasteiger partial charge in [-0.05, 0) is 68.3 Å². The summed E-state index contributed by atoms with van der Waals surface area (Å²) in [6.07, 6.45) is -5.71. The Labute approximate surface area is 220 Å². The van der Waals surface area contributed by atoms with Crippen molar-refractivity contribution < 1.29 is 31.1 Å². The van der Waals surface area contributed by atoms with E-state index >= 15 is 0 Å². The van der Waals surface area contributed by atoms with Gasteiger partial charge in [0.15, 0.2) is 0 Å². The number of nitrogens with zero attached hydrogens (tertiary/aromatic N) is 4. The number of carbonyl (C=O) groups is 1. The van der Waals surface area contributed by atoms with Crippen molar-refractivity contribution in [2.24, 2.45) is 0 Å². The Morgan fingerprint density at radius 1 is 0.974 bits per heavy atom. The van der Waals surface area contributed by atoms with Crippen LogP contribution in [0, 0.1) is 0 Å². The largest absolute Gasteiger partial charge is 0.416 e. The third-order valence-electron chi connectivity index (χ3n) is 6.93. The first kappa shape index (κ1) is 26.7. The van der Waals surface area contributed by atoms with E-state index in [2.05, 4.69) is 9.97 Å². The SMILES string of the molecule is CC(C)n1c(-c2cc(C(F)(F)F)cc(C(F)(F)F)c2)nc2cc(C(=O)N3CCC(c4cccnc4)C3)ccc21. The van der Waals surface area contributed by atoms with Crippen LogP contribution in [0.2, 0.25) is 0 Å². The molecule has 3 heterocycles. The number of amides is 1. The van der Waals surface area contributed by atoms with Crippen LogP contribution in [0.1, 0.15) is 59.3 Å². The Morgan fingerprint density at radius 2 is 1.67 bits per heavy atom. The highest BCUT2D eigenvalue weighted by Gasteiger charge is 2.37. The average Bonchev–Trinajstić information content (AvgIpc) is 3.52. The summed E-state index contributed by atoms with van der Waals surface area (Å²) < 4.78 is 82.6. The molecule has 0 radical (unpaired) electrons. The van der Waals surface area contributed by atoms with Gasteiger partial charge in [-0.25, -0.2) is 4.98 Å². The summed E-state index contributed by atoms with van der Waals surface area (Å²) in [6.45, 7) is 4.57. The van der Waals surface area contributed by atoms with Crippen molar-refractivity contribution >= 4 is 16.9 Å². The number of pyridine rings is 1. The first-order valence-electron chi connectivity index (χ1n) is 12.3. The topological polar surface area (TPSA) is 51.0 Å². The molecule has 4 aromatic rings. The van der Waals surface area contributed by atoms with Gasteiger partial charge in [0.05, 0.1) is 22.2 Å². The maximum atomic E-state index is 13.5. The molecule has 5 nitrogen and oxygen atoms in total. The molecular weight excluding hydrogens is 522 g/mol. The molecule has 0 N–H and O–H groups in total. The van der Waals surface area contributed by atoms with Gasteiger partial charge in [-0.15, -0.1) is 0 Å². The van der Waals surface area contributed by atoms with E-state index < -0.39 is 23.5 Å². The van der Waals surface area contributed by atoms with Crippen molar-refractivity contribution in [2.45, 2.75) is 44.6 Å². The Balaban J connectivity index is 1.54. The molecule has 1 aliphatic heterocycles. The fourth-order valence-electron chi connectivity index (χ4n) is 5.06. The van der Waals surface area contributed by atoms with Crippen LogP contribution in [0.15, 0.2) is 60.9 Å². The molecule has 1 fully saturated rings. The van der Waals surface area contributed by atoms with Crippen LogP contribution in [0.3, 0.4) is 0 Å². The molecule has 0 spiro atoms. The van der Waals surface area contributed by atoms with Crippen LogP contribution in [-0.4, -0.2) is 38.4 Å². The lowest BCUT2D eigenvalue weighted by molar-refractivity contribution is -0.143. The zero-order valence-electron chi connectivity index (χ0n) is 21.0. The predicted octanol–water partition coefficient (Wildman–Crippen LogP) is 7.35. The number of alkyl halides is 6. The molecule has 1 aliphatic rings. The van der Waals surface area contributed by atoms with Crippen LogP contribution in [0.5, 0.6) is 0 Å². The minimum Gasteiger partial charge on any atom is -0.338 e. The van der Waals surface area contributed by atoms with Crippen LogP contribution in [-0.2, 0) is 12.4 Å². The van der Waals surface area contributed by atoms with Crippen LogP contribution >= 0.6 is 0 Å². The first-order chi connectivity index (χ1) is 18.3. The van der Waals surface area contributed by atoms with Crippen molar-refractivity contribution in [3.63, 3.8) is 0 Å². The first-order valence-corrected chi connectivity index (χ1v) is 12.3.